The molecule has 1 rings (SSSR count). The van der Waals surface area contributed by atoms with Crippen LogP contribution in [-0.4, -0.2) is 13.7 Å². The molecule has 0 saturated carbocycles. The number of methoxy groups -OCH3 is 1. The number of hydrogen-bond acceptors (Lipinski definition) is 2. The summed E-state index contributed by atoms with van der Waals surface area (Å²) in [4.78, 5) is 0. The third-order valence-corrected chi connectivity index (χ3v) is 2.68. The van der Waals surface area contributed by atoms with Crippen LogP contribution >= 0.6 is 0 Å². The molecule has 0 aromatic heterocycles. The molecule has 0 aliphatic heterocycles. The van der Waals surface area contributed by atoms with Crippen LogP contribution in [-0.2, 0) is 5.41 Å². The number of aryl methyl sites for hydroxylation is 1. The molecule has 14 heavy (non-hydrogen) atoms. The van der Waals surface area contributed by atoms with Crippen LogP contribution in [0.25, 0.3) is 0 Å². The largest absolute Gasteiger partial charge is 0.497 e. The summed E-state index contributed by atoms with van der Waals surface area (Å²) in [5, 5.41) is 0. The second-order valence-electron chi connectivity index (χ2n) is 4.27. The van der Waals surface area contributed by atoms with E-state index in [9.17, 15) is 0 Å². The Morgan fingerprint density at radius 2 is 2.00 bits per heavy atom. The van der Waals surface area contributed by atoms with Crippen molar-refractivity contribution in [3.63, 3.8) is 0 Å². The number of rotatable bonds is 3. The van der Waals surface area contributed by atoms with Gasteiger partial charge in [0.25, 0.3) is 0 Å². The van der Waals surface area contributed by atoms with E-state index in [1.54, 1.807) is 7.11 Å². The van der Waals surface area contributed by atoms with E-state index < -0.39 is 0 Å². The lowest BCUT2D eigenvalue weighted by Gasteiger charge is -2.25. The summed E-state index contributed by atoms with van der Waals surface area (Å²) in [5.41, 5.74) is 8.30. The number of ether oxygens (including phenoxy) is 1. The molecule has 2 N–H and O–H groups in total. The molecule has 0 aliphatic rings. The van der Waals surface area contributed by atoms with E-state index in [2.05, 4.69) is 32.9 Å². The summed E-state index contributed by atoms with van der Waals surface area (Å²) in [6.45, 7) is 7.04. The van der Waals surface area contributed by atoms with Gasteiger partial charge < -0.3 is 10.5 Å². The van der Waals surface area contributed by atoms with Crippen molar-refractivity contribution in [3.8, 4) is 5.75 Å². The first-order chi connectivity index (χ1) is 6.51. The molecule has 2 nitrogen and oxygen atoms in total. The van der Waals surface area contributed by atoms with Crippen LogP contribution in [0.1, 0.15) is 25.0 Å². The SMILES string of the molecule is COc1ccc(C)c(C(C)(C)CN)c1. The lowest BCUT2D eigenvalue weighted by atomic mass is 9.82. The number of benzene rings is 1. The molecular formula is C12H19NO. The molecule has 0 atom stereocenters. The van der Waals surface area contributed by atoms with E-state index in [0.29, 0.717) is 6.54 Å². The quantitative estimate of drug-likeness (QED) is 0.799. The Morgan fingerprint density at radius 1 is 1.36 bits per heavy atom. The van der Waals surface area contributed by atoms with Crippen LogP contribution in [0.15, 0.2) is 18.2 Å². The van der Waals surface area contributed by atoms with Crippen molar-refractivity contribution >= 4 is 0 Å². The fraction of sp³-hybridized carbons (Fsp3) is 0.500. The van der Waals surface area contributed by atoms with Gasteiger partial charge in [-0.15, -0.1) is 0 Å². The predicted octanol–water partition coefficient (Wildman–Crippen LogP) is 2.24. The summed E-state index contributed by atoms with van der Waals surface area (Å²) in [7, 11) is 1.68. The summed E-state index contributed by atoms with van der Waals surface area (Å²) in [5.74, 6) is 0.895. The zero-order valence-corrected chi connectivity index (χ0v) is 9.42. The van der Waals surface area contributed by atoms with Crippen molar-refractivity contribution in [2.45, 2.75) is 26.2 Å². The van der Waals surface area contributed by atoms with Crippen molar-refractivity contribution in [1.82, 2.24) is 0 Å². The Kier molecular flexibility index (Phi) is 3.17. The topological polar surface area (TPSA) is 35.2 Å². The molecule has 0 bridgehead atoms. The monoisotopic (exact) mass is 193 g/mol. The molecule has 0 aliphatic carbocycles. The van der Waals surface area contributed by atoms with Gasteiger partial charge in [0.2, 0.25) is 0 Å². The molecule has 0 amide bonds. The minimum absolute atomic E-state index is 0.0125. The van der Waals surface area contributed by atoms with Gasteiger partial charge in [0, 0.05) is 12.0 Å². The highest BCUT2D eigenvalue weighted by Gasteiger charge is 2.20. The van der Waals surface area contributed by atoms with Crippen molar-refractivity contribution in [2.24, 2.45) is 5.73 Å². The molecule has 1 aromatic carbocycles. The van der Waals surface area contributed by atoms with Crippen LogP contribution in [0, 0.1) is 6.92 Å². The molecule has 2 heteroatoms. The van der Waals surface area contributed by atoms with E-state index in [1.807, 2.05) is 6.07 Å². The van der Waals surface area contributed by atoms with Gasteiger partial charge in [-0.1, -0.05) is 19.9 Å². The molecule has 0 heterocycles. The van der Waals surface area contributed by atoms with Gasteiger partial charge >= 0.3 is 0 Å². The minimum Gasteiger partial charge on any atom is -0.497 e. The number of hydrogen-bond donors (Lipinski definition) is 1. The Morgan fingerprint density at radius 3 is 2.50 bits per heavy atom. The summed E-state index contributed by atoms with van der Waals surface area (Å²) < 4.78 is 5.21. The second kappa shape index (κ2) is 4.01. The molecule has 0 fully saturated rings. The first-order valence-corrected chi connectivity index (χ1v) is 4.86. The Bertz CT molecular complexity index is 318. The maximum Gasteiger partial charge on any atom is 0.119 e. The Labute approximate surface area is 86.1 Å². The fourth-order valence-electron chi connectivity index (χ4n) is 1.57. The molecule has 0 spiro atoms. The molecule has 1 aromatic rings. The molecular weight excluding hydrogens is 174 g/mol. The predicted molar refractivity (Wildman–Crippen MR) is 59.8 cm³/mol. The van der Waals surface area contributed by atoms with Gasteiger partial charge in [0.15, 0.2) is 0 Å². The molecule has 78 valence electrons. The van der Waals surface area contributed by atoms with Crippen molar-refractivity contribution in [1.29, 1.82) is 0 Å². The van der Waals surface area contributed by atoms with Crippen LogP contribution in [0.3, 0.4) is 0 Å². The summed E-state index contributed by atoms with van der Waals surface area (Å²) in [6, 6.07) is 6.12. The first kappa shape index (κ1) is 11.1. The normalized spacial score (nSPS) is 11.5. The fourth-order valence-corrected chi connectivity index (χ4v) is 1.57. The second-order valence-corrected chi connectivity index (χ2v) is 4.27. The highest BCUT2D eigenvalue weighted by Crippen LogP contribution is 2.28. The summed E-state index contributed by atoms with van der Waals surface area (Å²) >= 11 is 0. The van der Waals surface area contributed by atoms with E-state index >= 15 is 0 Å². The standard InChI is InChI=1S/C12H19NO/c1-9-5-6-10(14-4)7-11(9)12(2,3)8-13/h5-7H,8,13H2,1-4H3. The van der Waals surface area contributed by atoms with E-state index in [4.69, 9.17) is 10.5 Å². The van der Waals surface area contributed by atoms with E-state index in [-0.39, 0.29) is 5.41 Å². The maximum absolute atomic E-state index is 5.76. The minimum atomic E-state index is 0.0125. The molecule has 0 saturated heterocycles. The van der Waals surface area contributed by atoms with E-state index in [0.717, 1.165) is 5.75 Å². The summed E-state index contributed by atoms with van der Waals surface area (Å²) in [6.07, 6.45) is 0. The lowest BCUT2D eigenvalue weighted by molar-refractivity contribution is 0.412. The molecule has 0 radical (unpaired) electrons. The Balaban J connectivity index is 3.18. The van der Waals surface area contributed by atoms with Crippen LogP contribution < -0.4 is 10.5 Å². The van der Waals surface area contributed by atoms with Gasteiger partial charge in [-0.3, -0.25) is 0 Å². The average Bonchev–Trinajstić information content (AvgIpc) is 2.18. The zero-order valence-electron chi connectivity index (χ0n) is 9.42. The van der Waals surface area contributed by atoms with Gasteiger partial charge in [-0.2, -0.15) is 0 Å². The maximum atomic E-state index is 5.76. The van der Waals surface area contributed by atoms with Gasteiger partial charge in [-0.25, -0.2) is 0 Å². The van der Waals surface area contributed by atoms with Crippen molar-refractivity contribution in [2.75, 3.05) is 13.7 Å². The third kappa shape index (κ3) is 2.07. The lowest BCUT2D eigenvalue weighted by Crippen LogP contribution is -2.28. The zero-order chi connectivity index (χ0) is 10.8. The average molecular weight is 193 g/mol. The van der Waals surface area contributed by atoms with Crippen molar-refractivity contribution in [3.05, 3.63) is 29.3 Å². The van der Waals surface area contributed by atoms with Gasteiger partial charge in [0.05, 0.1) is 7.11 Å². The number of nitrogens with two attached hydrogens (primary N) is 1. The van der Waals surface area contributed by atoms with Crippen LogP contribution in [0.5, 0.6) is 5.75 Å². The van der Waals surface area contributed by atoms with E-state index in [1.165, 1.54) is 11.1 Å². The highest BCUT2D eigenvalue weighted by atomic mass is 16.5. The first-order valence-electron chi connectivity index (χ1n) is 4.86. The van der Waals surface area contributed by atoms with Gasteiger partial charge in [0.1, 0.15) is 5.75 Å². The van der Waals surface area contributed by atoms with Crippen LogP contribution in [0.2, 0.25) is 0 Å². The van der Waals surface area contributed by atoms with Crippen LogP contribution in [0.4, 0.5) is 0 Å². The molecule has 0 unspecified atom stereocenters. The smallest absolute Gasteiger partial charge is 0.119 e. The van der Waals surface area contributed by atoms with Crippen molar-refractivity contribution < 1.29 is 4.74 Å². The third-order valence-electron chi connectivity index (χ3n) is 2.68. The van der Waals surface area contributed by atoms with Gasteiger partial charge in [-0.05, 0) is 30.2 Å². The Hall–Kier alpha value is -1.02. The highest BCUT2D eigenvalue weighted by molar-refractivity contribution is 5.39.